The predicted octanol–water partition coefficient (Wildman–Crippen LogP) is 4.87. The van der Waals surface area contributed by atoms with Crippen LogP contribution in [-0.2, 0) is 0 Å². The molecule has 1 aliphatic heterocycles. The van der Waals surface area contributed by atoms with Crippen LogP contribution in [0, 0.1) is 11.6 Å². The van der Waals surface area contributed by atoms with Crippen LogP contribution in [0.3, 0.4) is 0 Å². The number of nitrogens with zero attached hydrogens (tertiary/aromatic N) is 2. The number of piperazine rings is 1. The maximum absolute atomic E-state index is 13.4. The topological polar surface area (TPSA) is 36.7 Å². The van der Waals surface area contributed by atoms with Crippen molar-refractivity contribution in [2.24, 2.45) is 0 Å². The number of amides is 1. The first-order valence-corrected chi connectivity index (χ1v) is 10.1. The van der Waals surface area contributed by atoms with Crippen LogP contribution in [-0.4, -0.2) is 41.9 Å². The van der Waals surface area contributed by atoms with Gasteiger partial charge in [0.15, 0.2) is 10.4 Å². The first-order chi connectivity index (χ1) is 14.0. The second kappa shape index (κ2) is 8.47. The van der Waals surface area contributed by atoms with Gasteiger partial charge in [0.05, 0.1) is 6.04 Å². The molecule has 0 N–H and O–H groups in total. The summed E-state index contributed by atoms with van der Waals surface area (Å²) in [6.45, 7) is 2.34. The minimum absolute atomic E-state index is 0.143. The molecule has 0 bridgehead atoms. The molecule has 150 valence electrons. The van der Waals surface area contributed by atoms with Crippen molar-refractivity contribution in [1.29, 1.82) is 0 Å². The van der Waals surface area contributed by atoms with Crippen molar-refractivity contribution in [2.45, 2.75) is 6.04 Å². The Bertz CT molecular complexity index is 935. The quantitative estimate of drug-likeness (QED) is 0.557. The number of carbonyl (C=O) groups is 1. The van der Waals surface area contributed by atoms with E-state index in [2.05, 4.69) is 20.8 Å². The summed E-state index contributed by atoms with van der Waals surface area (Å²) in [5, 5.41) is 0. The van der Waals surface area contributed by atoms with Gasteiger partial charge in [0.2, 0.25) is 0 Å². The van der Waals surface area contributed by atoms with Crippen molar-refractivity contribution in [3.8, 4) is 0 Å². The molecule has 4 rings (SSSR count). The average molecular weight is 461 g/mol. The van der Waals surface area contributed by atoms with Gasteiger partial charge in [-0.1, -0.05) is 24.3 Å². The Hall–Kier alpha value is -2.51. The second-order valence-corrected chi connectivity index (χ2v) is 7.72. The van der Waals surface area contributed by atoms with E-state index < -0.39 is 0 Å². The zero-order chi connectivity index (χ0) is 20.4. The lowest BCUT2D eigenvalue weighted by Gasteiger charge is -2.39. The SMILES string of the molecule is O=C(c1ccc(Br)o1)N1CCN(C(c2ccc(F)cc2)c2ccc(F)cc2)CC1. The van der Waals surface area contributed by atoms with E-state index in [1.54, 1.807) is 41.3 Å². The van der Waals surface area contributed by atoms with Gasteiger partial charge in [-0.2, -0.15) is 0 Å². The molecule has 1 aliphatic rings. The first kappa shape index (κ1) is 19.8. The third kappa shape index (κ3) is 4.41. The summed E-state index contributed by atoms with van der Waals surface area (Å²) in [7, 11) is 0. The summed E-state index contributed by atoms with van der Waals surface area (Å²) in [5.74, 6) is -0.437. The highest BCUT2D eigenvalue weighted by molar-refractivity contribution is 9.10. The second-order valence-electron chi connectivity index (χ2n) is 6.94. The first-order valence-electron chi connectivity index (χ1n) is 9.31. The molecule has 29 heavy (non-hydrogen) atoms. The maximum atomic E-state index is 13.4. The molecular formula is C22H19BrF2N2O2. The highest BCUT2D eigenvalue weighted by atomic mass is 79.9. The van der Waals surface area contributed by atoms with Crippen molar-refractivity contribution >= 4 is 21.8 Å². The van der Waals surface area contributed by atoms with Crippen molar-refractivity contribution in [2.75, 3.05) is 26.2 Å². The number of benzene rings is 2. The predicted molar refractivity (Wildman–Crippen MR) is 109 cm³/mol. The van der Waals surface area contributed by atoms with Crippen LogP contribution in [0.1, 0.15) is 27.7 Å². The monoisotopic (exact) mass is 460 g/mol. The van der Waals surface area contributed by atoms with Gasteiger partial charge in [-0.3, -0.25) is 9.69 Å². The molecule has 2 aromatic carbocycles. The zero-order valence-corrected chi connectivity index (χ0v) is 17.1. The van der Waals surface area contributed by atoms with E-state index >= 15 is 0 Å². The van der Waals surface area contributed by atoms with E-state index in [1.165, 1.54) is 24.3 Å². The van der Waals surface area contributed by atoms with Gasteiger partial charge in [0.1, 0.15) is 11.6 Å². The Morgan fingerprint density at radius 3 is 1.79 bits per heavy atom. The number of hydrogen-bond acceptors (Lipinski definition) is 3. The molecule has 0 spiro atoms. The molecule has 0 atom stereocenters. The largest absolute Gasteiger partial charge is 0.444 e. The van der Waals surface area contributed by atoms with Gasteiger partial charge >= 0.3 is 0 Å². The lowest BCUT2D eigenvalue weighted by atomic mass is 9.96. The Labute approximate surface area is 175 Å². The Balaban J connectivity index is 1.54. The van der Waals surface area contributed by atoms with Crippen LogP contribution in [0.5, 0.6) is 0 Å². The van der Waals surface area contributed by atoms with Crippen LogP contribution in [0.15, 0.2) is 69.8 Å². The van der Waals surface area contributed by atoms with Gasteiger partial charge in [0, 0.05) is 26.2 Å². The molecule has 0 saturated carbocycles. The van der Waals surface area contributed by atoms with E-state index in [9.17, 15) is 13.6 Å². The van der Waals surface area contributed by atoms with Crippen LogP contribution in [0.25, 0.3) is 0 Å². The molecule has 7 heteroatoms. The van der Waals surface area contributed by atoms with E-state index in [1.807, 2.05) is 0 Å². The van der Waals surface area contributed by atoms with Gasteiger partial charge in [-0.15, -0.1) is 0 Å². The fourth-order valence-electron chi connectivity index (χ4n) is 3.67. The molecule has 4 nitrogen and oxygen atoms in total. The van der Waals surface area contributed by atoms with Crippen LogP contribution in [0.2, 0.25) is 0 Å². The number of hydrogen-bond donors (Lipinski definition) is 0. The smallest absolute Gasteiger partial charge is 0.289 e. The standard InChI is InChI=1S/C22H19BrF2N2O2/c23-20-10-9-19(29-20)22(28)27-13-11-26(12-14-27)21(15-1-5-17(24)6-2-15)16-3-7-18(25)8-4-16/h1-10,21H,11-14H2. The molecule has 3 aromatic rings. The molecular weight excluding hydrogens is 442 g/mol. The van der Waals surface area contributed by atoms with E-state index in [0.29, 0.717) is 36.6 Å². The summed E-state index contributed by atoms with van der Waals surface area (Å²) >= 11 is 3.22. The highest BCUT2D eigenvalue weighted by Gasteiger charge is 2.29. The van der Waals surface area contributed by atoms with Gasteiger partial charge in [0.25, 0.3) is 5.91 Å². The molecule has 0 aliphatic carbocycles. The molecule has 1 saturated heterocycles. The number of halogens is 3. The zero-order valence-electron chi connectivity index (χ0n) is 15.5. The third-order valence-corrected chi connectivity index (χ3v) is 5.55. The normalized spacial score (nSPS) is 15.1. The molecule has 0 radical (unpaired) electrons. The Morgan fingerprint density at radius 2 is 1.34 bits per heavy atom. The van der Waals surface area contributed by atoms with E-state index in [4.69, 9.17) is 4.42 Å². The summed E-state index contributed by atoms with van der Waals surface area (Å²) in [6, 6.07) is 15.9. The van der Waals surface area contributed by atoms with E-state index in [-0.39, 0.29) is 23.6 Å². The molecule has 1 amide bonds. The van der Waals surface area contributed by atoms with Gasteiger partial charge < -0.3 is 9.32 Å². The number of carbonyl (C=O) groups excluding carboxylic acids is 1. The van der Waals surface area contributed by atoms with Crippen LogP contribution in [0.4, 0.5) is 8.78 Å². The lowest BCUT2D eigenvalue weighted by molar-refractivity contribution is 0.0566. The van der Waals surface area contributed by atoms with Crippen LogP contribution < -0.4 is 0 Å². The summed E-state index contributed by atoms with van der Waals surface area (Å²) in [6.07, 6.45) is 0. The van der Waals surface area contributed by atoms with Crippen molar-refractivity contribution in [1.82, 2.24) is 9.80 Å². The highest BCUT2D eigenvalue weighted by Crippen LogP contribution is 2.30. The number of furan rings is 1. The maximum Gasteiger partial charge on any atom is 0.289 e. The average Bonchev–Trinajstić information content (AvgIpc) is 3.17. The molecule has 1 aromatic heterocycles. The minimum atomic E-state index is -0.299. The Morgan fingerprint density at radius 1 is 0.828 bits per heavy atom. The lowest BCUT2D eigenvalue weighted by Crippen LogP contribution is -2.49. The van der Waals surface area contributed by atoms with Crippen LogP contribution >= 0.6 is 15.9 Å². The summed E-state index contributed by atoms with van der Waals surface area (Å²) in [4.78, 5) is 16.6. The third-order valence-electron chi connectivity index (χ3n) is 5.12. The summed E-state index contributed by atoms with van der Waals surface area (Å²) < 4.78 is 32.8. The minimum Gasteiger partial charge on any atom is -0.444 e. The van der Waals surface area contributed by atoms with Crippen molar-refractivity contribution < 1.29 is 18.0 Å². The summed E-state index contributed by atoms with van der Waals surface area (Å²) in [5.41, 5.74) is 1.85. The number of rotatable bonds is 4. The molecule has 1 fully saturated rings. The van der Waals surface area contributed by atoms with Gasteiger partial charge in [-0.05, 0) is 63.5 Å². The molecule has 2 heterocycles. The Kier molecular flexibility index (Phi) is 5.78. The molecule has 0 unspecified atom stereocenters. The van der Waals surface area contributed by atoms with Gasteiger partial charge in [-0.25, -0.2) is 8.78 Å². The van der Waals surface area contributed by atoms with Crippen molar-refractivity contribution in [3.63, 3.8) is 0 Å². The fraction of sp³-hybridized carbons (Fsp3) is 0.227. The fourth-order valence-corrected chi connectivity index (χ4v) is 3.98. The van der Waals surface area contributed by atoms with Crippen molar-refractivity contribution in [3.05, 3.63) is 93.9 Å². The van der Waals surface area contributed by atoms with E-state index in [0.717, 1.165) is 11.1 Å².